The van der Waals surface area contributed by atoms with Crippen LogP contribution in [0.5, 0.6) is 0 Å². The van der Waals surface area contributed by atoms with E-state index >= 15 is 0 Å². The number of halogens is 1. The summed E-state index contributed by atoms with van der Waals surface area (Å²) in [5.74, 6) is -0.479. The minimum absolute atomic E-state index is 0.474. The first-order valence-corrected chi connectivity index (χ1v) is 6.04. The lowest BCUT2D eigenvalue weighted by atomic mass is 10.1. The van der Waals surface area contributed by atoms with Crippen molar-refractivity contribution in [2.45, 2.75) is 25.8 Å². The molecule has 0 aliphatic carbocycles. The van der Waals surface area contributed by atoms with Crippen LogP contribution in [0.1, 0.15) is 24.1 Å². The number of pyridine rings is 1. The molecule has 2 aromatic rings. The lowest BCUT2D eigenvalue weighted by molar-refractivity contribution is 0.532. The number of rotatable bonds is 1. The number of fused-ring (bicyclic) bond motifs is 1. The number of nitriles is 1. The summed E-state index contributed by atoms with van der Waals surface area (Å²) in [5, 5.41) is 9.15. The fraction of sp³-hybridized carbons (Fsp3) is 0.286. The van der Waals surface area contributed by atoms with Crippen LogP contribution in [-0.4, -0.2) is 9.55 Å². The minimum Gasteiger partial charge on any atom is -0.343 e. The van der Waals surface area contributed by atoms with E-state index in [1.165, 1.54) is 6.20 Å². The number of aromatic nitrogens is 2. The Labute approximate surface area is 105 Å². The highest BCUT2D eigenvalue weighted by atomic mass is 19.1. The lowest BCUT2D eigenvalue weighted by Gasteiger charge is -2.18. The molecule has 1 aliphatic heterocycles. The van der Waals surface area contributed by atoms with E-state index in [1.807, 2.05) is 0 Å². The summed E-state index contributed by atoms with van der Waals surface area (Å²) in [6, 6.07) is 7.40. The van der Waals surface area contributed by atoms with Crippen LogP contribution in [0.25, 0.3) is 11.3 Å². The maximum Gasteiger partial charge on any atom is 0.222 e. The van der Waals surface area contributed by atoms with Crippen molar-refractivity contribution < 1.29 is 4.39 Å². The first-order valence-electron chi connectivity index (χ1n) is 6.04. The molecular weight excluding hydrogens is 229 g/mol. The summed E-state index contributed by atoms with van der Waals surface area (Å²) in [6.07, 6.45) is 4.49. The molecule has 90 valence electrons. The van der Waals surface area contributed by atoms with Gasteiger partial charge >= 0.3 is 0 Å². The quantitative estimate of drug-likeness (QED) is 0.720. The molecule has 0 saturated heterocycles. The molecule has 0 radical (unpaired) electrons. The zero-order chi connectivity index (χ0) is 12.5. The van der Waals surface area contributed by atoms with Gasteiger partial charge in [0.2, 0.25) is 5.95 Å². The highest BCUT2D eigenvalue weighted by molar-refractivity contribution is 5.64. The Balaban J connectivity index is 2.22. The molecule has 0 saturated carbocycles. The van der Waals surface area contributed by atoms with Crippen molar-refractivity contribution in [3.05, 3.63) is 41.6 Å². The van der Waals surface area contributed by atoms with E-state index in [9.17, 15) is 4.39 Å². The van der Waals surface area contributed by atoms with Gasteiger partial charge in [0.15, 0.2) is 0 Å². The fourth-order valence-corrected chi connectivity index (χ4v) is 2.57. The van der Waals surface area contributed by atoms with Gasteiger partial charge in [-0.25, -0.2) is 4.98 Å². The number of nitrogens with zero attached hydrogens (tertiary/aromatic N) is 3. The topological polar surface area (TPSA) is 41.6 Å². The van der Waals surface area contributed by atoms with Crippen LogP contribution in [0.2, 0.25) is 0 Å². The van der Waals surface area contributed by atoms with Crippen molar-refractivity contribution in [2.24, 2.45) is 0 Å². The molecular formula is C14H12FN3. The van der Waals surface area contributed by atoms with Crippen molar-refractivity contribution in [3.63, 3.8) is 0 Å². The lowest BCUT2D eigenvalue weighted by Crippen LogP contribution is -2.11. The van der Waals surface area contributed by atoms with Gasteiger partial charge in [-0.15, -0.1) is 0 Å². The average molecular weight is 241 g/mol. The van der Waals surface area contributed by atoms with Crippen LogP contribution in [0.4, 0.5) is 4.39 Å². The predicted octanol–water partition coefficient (Wildman–Crippen LogP) is 2.90. The van der Waals surface area contributed by atoms with Gasteiger partial charge in [0.25, 0.3) is 0 Å². The second-order valence-electron chi connectivity index (χ2n) is 4.45. The Morgan fingerprint density at radius 1 is 1.39 bits per heavy atom. The number of hydrogen-bond donors (Lipinski definition) is 0. The Hall–Kier alpha value is -2.15. The molecule has 1 aliphatic rings. The Morgan fingerprint density at radius 2 is 2.28 bits per heavy atom. The van der Waals surface area contributed by atoms with Crippen molar-refractivity contribution in [1.29, 1.82) is 5.26 Å². The van der Waals surface area contributed by atoms with E-state index in [0.717, 1.165) is 37.2 Å². The SMILES string of the molecule is N#Cc1cc(-c2cccnc2F)n2c1CCCC2. The largest absolute Gasteiger partial charge is 0.343 e. The highest BCUT2D eigenvalue weighted by Crippen LogP contribution is 2.30. The van der Waals surface area contributed by atoms with Crippen LogP contribution in [0.15, 0.2) is 24.4 Å². The van der Waals surface area contributed by atoms with Crippen LogP contribution >= 0.6 is 0 Å². The average Bonchev–Trinajstić information content (AvgIpc) is 2.78. The number of hydrogen-bond acceptors (Lipinski definition) is 2. The van der Waals surface area contributed by atoms with Gasteiger partial charge < -0.3 is 4.57 Å². The van der Waals surface area contributed by atoms with Crippen molar-refractivity contribution >= 4 is 0 Å². The van der Waals surface area contributed by atoms with E-state index in [-0.39, 0.29) is 0 Å². The van der Waals surface area contributed by atoms with Crippen molar-refractivity contribution in [2.75, 3.05) is 0 Å². The smallest absolute Gasteiger partial charge is 0.222 e. The summed E-state index contributed by atoms with van der Waals surface area (Å²) in [6.45, 7) is 0.848. The molecule has 18 heavy (non-hydrogen) atoms. The van der Waals surface area contributed by atoms with E-state index in [0.29, 0.717) is 11.1 Å². The molecule has 4 heteroatoms. The first kappa shape index (κ1) is 11.0. The summed E-state index contributed by atoms with van der Waals surface area (Å²) in [4.78, 5) is 3.68. The van der Waals surface area contributed by atoms with Crippen LogP contribution < -0.4 is 0 Å². The van der Waals surface area contributed by atoms with E-state index in [1.54, 1.807) is 18.2 Å². The zero-order valence-corrected chi connectivity index (χ0v) is 9.86. The molecule has 0 aromatic carbocycles. The van der Waals surface area contributed by atoms with E-state index < -0.39 is 5.95 Å². The molecule has 3 nitrogen and oxygen atoms in total. The molecule has 3 rings (SSSR count). The normalized spacial score (nSPS) is 14.0. The molecule has 0 bridgehead atoms. The summed E-state index contributed by atoms with van der Waals surface area (Å²) in [5.41, 5.74) is 2.93. The molecule has 3 heterocycles. The third-order valence-electron chi connectivity index (χ3n) is 3.41. The molecule has 0 unspecified atom stereocenters. The van der Waals surface area contributed by atoms with E-state index in [2.05, 4.69) is 15.6 Å². The monoisotopic (exact) mass is 241 g/mol. The zero-order valence-electron chi connectivity index (χ0n) is 9.86. The third kappa shape index (κ3) is 1.60. The standard InChI is InChI=1S/C14H12FN3/c15-14-11(4-3-6-17-14)13-8-10(9-16)12-5-1-2-7-18(12)13/h3-4,6,8H,1-2,5,7H2. The van der Waals surface area contributed by atoms with Gasteiger partial charge in [-0.1, -0.05) is 0 Å². The summed E-state index contributed by atoms with van der Waals surface area (Å²) in [7, 11) is 0. The van der Waals surface area contributed by atoms with Gasteiger partial charge in [-0.05, 0) is 37.5 Å². The highest BCUT2D eigenvalue weighted by Gasteiger charge is 2.20. The molecule has 0 fully saturated rings. The maximum atomic E-state index is 13.8. The Morgan fingerprint density at radius 3 is 3.06 bits per heavy atom. The van der Waals surface area contributed by atoms with Crippen molar-refractivity contribution in [1.82, 2.24) is 9.55 Å². The predicted molar refractivity (Wildman–Crippen MR) is 65.3 cm³/mol. The van der Waals surface area contributed by atoms with Crippen LogP contribution in [0.3, 0.4) is 0 Å². The van der Waals surface area contributed by atoms with Gasteiger partial charge in [-0.3, -0.25) is 0 Å². The molecule has 2 aromatic heterocycles. The molecule has 0 atom stereocenters. The minimum atomic E-state index is -0.479. The van der Waals surface area contributed by atoms with Gasteiger partial charge in [0.05, 0.1) is 16.8 Å². The third-order valence-corrected chi connectivity index (χ3v) is 3.41. The summed E-state index contributed by atoms with van der Waals surface area (Å²) < 4.78 is 15.8. The summed E-state index contributed by atoms with van der Waals surface area (Å²) >= 11 is 0. The van der Waals surface area contributed by atoms with Crippen LogP contribution in [0, 0.1) is 17.3 Å². The second-order valence-corrected chi connectivity index (χ2v) is 4.45. The van der Waals surface area contributed by atoms with Gasteiger partial charge in [-0.2, -0.15) is 9.65 Å². The Bertz CT molecular complexity index is 637. The second kappa shape index (κ2) is 4.26. The molecule has 0 amide bonds. The maximum absolute atomic E-state index is 13.8. The van der Waals surface area contributed by atoms with Gasteiger partial charge in [0.1, 0.15) is 6.07 Å². The molecule has 0 N–H and O–H groups in total. The molecule has 0 spiro atoms. The Kier molecular flexibility index (Phi) is 2.60. The van der Waals surface area contributed by atoms with Gasteiger partial charge in [0, 0.05) is 18.4 Å². The fourth-order valence-electron chi connectivity index (χ4n) is 2.57. The first-order chi connectivity index (χ1) is 8.81. The van der Waals surface area contributed by atoms with Crippen molar-refractivity contribution in [3.8, 4) is 17.3 Å². The van der Waals surface area contributed by atoms with Crippen LogP contribution in [-0.2, 0) is 13.0 Å². The van der Waals surface area contributed by atoms with E-state index in [4.69, 9.17) is 5.26 Å².